The fraction of sp³-hybridized carbons (Fsp3) is 0.933. The van der Waals surface area contributed by atoms with Crippen molar-refractivity contribution in [3.63, 3.8) is 0 Å². The van der Waals surface area contributed by atoms with Crippen LogP contribution in [0.3, 0.4) is 0 Å². The minimum absolute atomic E-state index is 0.0865. The second kappa shape index (κ2) is 6.03. The topological polar surface area (TPSA) is 26.3 Å². The predicted octanol–water partition coefficient (Wildman–Crippen LogP) is 4.07. The third kappa shape index (κ3) is 3.03. The molecule has 0 bridgehead atoms. The minimum Gasteiger partial charge on any atom is -0.373 e. The Bertz CT molecular complexity index is 349. The molecule has 3 fully saturated rings. The Morgan fingerprint density at radius 1 is 1.11 bits per heavy atom. The lowest BCUT2D eigenvalue weighted by atomic mass is 9.75. The van der Waals surface area contributed by atoms with E-state index in [2.05, 4.69) is 15.9 Å². The normalized spacial score (nSPS) is 47.8. The molecule has 2 saturated carbocycles. The molecule has 2 aliphatic carbocycles. The van der Waals surface area contributed by atoms with Crippen LogP contribution < -0.4 is 0 Å². The average Bonchev–Trinajstić information content (AvgIpc) is 2.40. The van der Waals surface area contributed by atoms with Crippen molar-refractivity contribution >= 4 is 33.3 Å². The summed E-state index contributed by atoms with van der Waals surface area (Å²) < 4.78 is 6.29. The van der Waals surface area contributed by atoms with Crippen LogP contribution in [0, 0.1) is 11.8 Å². The van der Waals surface area contributed by atoms with Crippen LogP contribution >= 0.6 is 27.5 Å². The molecule has 0 aromatic heterocycles. The second-order valence-electron chi connectivity index (χ2n) is 6.36. The van der Waals surface area contributed by atoms with Crippen molar-refractivity contribution in [3.05, 3.63) is 0 Å². The lowest BCUT2D eigenvalue weighted by Crippen LogP contribution is -2.49. The molecule has 0 spiro atoms. The molecule has 3 rings (SSSR count). The molecule has 0 radical (unpaired) electrons. The molecule has 6 atom stereocenters. The van der Waals surface area contributed by atoms with E-state index in [1.54, 1.807) is 0 Å². The van der Waals surface area contributed by atoms with E-state index in [0.29, 0.717) is 22.9 Å². The number of rotatable bonds is 1. The third-order valence-electron chi connectivity index (χ3n) is 5.10. The molecular weight excluding hydrogens is 328 g/mol. The van der Waals surface area contributed by atoms with Gasteiger partial charge in [0.25, 0.3) is 0 Å². The second-order valence-corrected chi connectivity index (χ2v) is 8.22. The van der Waals surface area contributed by atoms with E-state index >= 15 is 0 Å². The van der Waals surface area contributed by atoms with Crippen molar-refractivity contribution in [1.82, 2.24) is 0 Å². The SMILES string of the molecule is O=C1CC(C2CCCCC2Cl)OC2CCC(Br)CC12. The molecule has 1 heterocycles. The van der Waals surface area contributed by atoms with Gasteiger partial charge in [0.2, 0.25) is 0 Å². The lowest BCUT2D eigenvalue weighted by Gasteiger charge is -2.44. The van der Waals surface area contributed by atoms with Crippen LogP contribution in [0.2, 0.25) is 0 Å². The summed E-state index contributed by atoms with van der Waals surface area (Å²) in [5.74, 6) is 0.939. The zero-order valence-electron chi connectivity index (χ0n) is 11.2. The highest BCUT2D eigenvalue weighted by atomic mass is 79.9. The van der Waals surface area contributed by atoms with Gasteiger partial charge in [-0.25, -0.2) is 0 Å². The van der Waals surface area contributed by atoms with Crippen molar-refractivity contribution in [2.24, 2.45) is 11.8 Å². The van der Waals surface area contributed by atoms with Crippen molar-refractivity contribution < 1.29 is 9.53 Å². The Labute approximate surface area is 128 Å². The summed E-state index contributed by atoms with van der Waals surface area (Å²) in [7, 11) is 0. The fourth-order valence-electron chi connectivity index (χ4n) is 4.00. The number of ether oxygens (including phenoxy) is 1. The summed E-state index contributed by atoms with van der Waals surface area (Å²) in [4.78, 5) is 12.9. The van der Waals surface area contributed by atoms with Crippen molar-refractivity contribution in [1.29, 1.82) is 0 Å². The zero-order valence-corrected chi connectivity index (χ0v) is 13.5. The first-order chi connectivity index (χ1) is 9.15. The van der Waals surface area contributed by atoms with E-state index in [-0.39, 0.29) is 23.5 Å². The van der Waals surface area contributed by atoms with Crippen LogP contribution in [0.1, 0.15) is 51.4 Å². The van der Waals surface area contributed by atoms with Gasteiger partial charge in [-0.15, -0.1) is 11.6 Å². The Hall–Kier alpha value is 0.400. The highest BCUT2D eigenvalue weighted by molar-refractivity contribution is 9.09. The zero-order chi connectivity index (χ0) is 13.4. The molecule has 1 saturated heterocycles. The number of ketones is 1. The number of Topliss-reactive ketones (excluding diaryl/α,β-unsaturated/α-hetero) is 1. The maximum atomic E-state index is 12.4. The number of carbonyl (C=O) groups excluding carboxylic acids is 1. The summed E-state index contributed by atoms with van der Waals surface area (Å²) in [6.45, 7) is 0. The molecule has 108 valence electrons. The predicted molar refractivity (Wildman–Crippen MR) is 79.9 cm³/mol. The first-order valence-corrected chi connectivity index (χ1v) is 8.96. The van der Waals surface area contributed by atoms with Crippen LogP contribution in [0.4, 0.5) is 0 Å². The Morgan fingerprint density at radius 3 is 2.68 bits per heavy atom. The van der Waals surface area contributed by atoms with E-state index < -0.39 is 0 Å². The summed E-state index contributed by atoms with van der Waals surface area (Å²) >= 11 is 10.1. The number of carbonyl (C=O) groups is 1. The maximum Gasteiger partial charge on any atom is 0.141 e. The van der Waals surface area contributed by atoms with Crippen molar-refractivity contribution in [3.8, 4) is 0 Å². The molecule has 4 heteroatoms. The Morgan fingerprint density at radius 2 is 1.89 bits per heavy atom. The molecule has 2 nitrogen and oxygen atoms in total. The molecule has 0 aromatic carbocycles. The van der Waals surface area contributed by atoms with Gasteiger partial charge in [-0.05, 0) is 32.1 Å². The Kier molecular flexibility index (Phi) is 4.55. The number of halogens is 2. The summed E-state index contributed by atoms with van der Waals surface area (Å²) in [6.07, 6.45) is 8.60. The molecule has 19 heavy (non-hydrogen) atoms. The first-order valence-electron chi connectivity index (χ1n) is 7.61. The van der Waals surface area contributed by atoms with E-state index in [1.807, 2.05) is 0 Å². The third-order valence-corrected chi connectivity index (χ3v) is 6.47. The van der Waals surface area contributed by atoms with Crippen LogP contribution in [0.25, 0.3) is 0 Å². The summed E-state index contributed by atoms with van der Waals surface area (Å²) in [5, 5.41) is 0.204. The fourth-order valence-corrected chi connectivity index (χ4v) is 5.11. The summed E-state index contributed by atoms with van der Waals surface area (Å²) in [6, 6.07) is 0. The van der Waals surface area contributed by atoms with Gasteiger partial charge in [-0.1, -0.05) is 28.8 Å². The summed E-state index contributed by atoms with van der Waals surface area (Å²) in [5.41, 5.74) is 0. The highest BCUT2D eigenvalue weighted by Gasteiger charge is 2.44. The standard InChI is InChI=1S/C15H22BrClO2/c16-9-5-6-14-11(7-9)13(18)8-15(19-14)10-3-1-2-4-12(10)17/h9-12,14-15H,1-8H2. The maximum absolute atomic E-state index is 12.4. The average molecular weight is 350 g/mol. The molecule has 0 aromatic rings. The van der Waals surface area contributed by atoms with Gasteiger partial charge < -0.3 is 4.74 Å². The van der Waals surface area contributed by atoms with Gasteiger partial charge in [0.1, 0.15) is 5.78 Å². The number of alkyl halides is 2. The highest BCUT2D eigenvalue weighted by Crippen LogP contribution is 2.41. The monoisotopic (exact) mass is 348 g/mol. The van der Waals surface area contributed by atoms with Crippen LogP contribution in [0.5, 0.6) is 0 Å². The number of fused-ring (bicyclic) bond motifs is 1. The van der Waals surface area contributed by atoms with Crippen molar-refractivity contribution in [2.45, 2.75) is 73.8 Å². The van der Waals surface area contributed by atoms with Crippen LogP contribution in [0.15, 0.2) is 0 Å². The molecule has 1 aliphatic heterocycles. The number of hydrogen-bond acceptors (Lipinski definition) is 2. The van der Waals surface area contributed by atoms with Crippen LogP contribution in [-0.2, 0) is 9.53 Å². The number of hydrogen-bond donors (Lipinski definition) is 0. The lowest BCUT2D eigenvalue weighted by molar-refractivity contribution is -0.157. The van der Waals surface area contributed by atoms with Crippen molar-refractivity contribution in [2.75, 3.05) is 0 Å². The molecule has 6 unspecified atom stereocenters. The van der Waals surface area contributed by atoms with E-state index in [0.717, 1.165) is 32.1 Å². The van der Waals surface area contributed by atoms with Gasteiger partial charge in [0.15, 0.2) is 0 Å². The van der Waals surface area contributed by atoms with E-state index in [4.69, 9.17) is 16.3 Å². The van der Waals surface area contributed by atoms with Crippen LogP contribution in [-0.4, -0.2) is 28.2 Å². The quantitative estimate of drug-likeness (QED) is 0.667. The van der Waals surface area contributed by atoms with E-state index in [9.17, 15) is 4.79 Å². The van der Waals surface area contributed by atoms with Gasteiger partial charge in [0.05, 0.1) is 12.2 Å². The van der Waals surface area contributed by atoms with E-state index in [1.165, 1.54) is 12.8 Å². The van der Waals surface area contributed by atoms with Gasteiger partial charge >= 0.3 is 0 Å². The van der Waals surface area contributed by atoms with Gasteiger partial charge in [-0.2, -0.15) is 0 Å². The van der Waals surface area contributed by atoms with Gasteiger partial charge in [0, 0.05) is 28.5 Å². The molecule has 0 N–H and O–H groups in total. The minimum atomic E-state index is 0.0865. The largest absolute Gasteiger partial charge is 0.373 e. The molecule has 0 amide bonds. The van der Waals surface area contributed by atoms with Gasteiger partial charge in [-0.3, -0.25) is 4.79 Å². The molecule has 3 aliphatic rings. The first kappa shape index (κ1) is 14.3. The molecular formula is C15H22BrClO2. The Balaban J connectivity index is 1.68. The smallest absolute Gasteiger partial charge is 0.141 e.